The highest BCUT2D eigenvalue weighted by Gasteiger charge is 2.32. The molecule has 0 radical (unpaired) electrons. The van der Waals surface area contributed by atoms with Gasteiger partial charge < -0.3 is 10.9 Å². The first kappa shape index (κ1) is 24.3. The Balaban J connectivity index is 1.40. The summed E-state index contributed by atoms with van der Waals surface area (Å²) in [5.74, 6) is 0.142. The number of tetrazole rings is 1. The van der Waals surface area contributed by atoms with Gasteiger partial charge in [-0.3, -0.25) is 4.68 Å². The van der Waals surface area contributed by atoms with Crippen LogP contribution in [0.4, 0.5) is 10.2 Å². The summed E-state index contributed by atoms with van der Waals surface area (Å²) in [6.45, 7) is 0. The monoisotopic (exact) mass is 551 g/mol. The molecule has 4 aromatic heterocycles. The van der Waals surface area contributed by atoms with Crippen molar-refractivity contribution in [3.63, 3.8) is 0 Å². The van der Waals surface area contributed by atoms with Gasteiger partial charge >= 0.3 is 0 Å². The Kier molecular flexibility index (Phi) is 6.16. The largest absolute Gasteiger partial charge is 0.618 e. The van der Waals surface area contributed by atoms with Crippen LogP contribution in [-0.2, 0) is 0 Å². The van der Waals surface area contributed by atoms with Crippen molar-refractivity contribution in [1.82, 2.24) is 35.0 Å². The Morgan fingerprint density at radius 2 is 1.97 bits per heavy atom. The van der Waals surface area contributed by atoms with E-state index in [1.807, 2.05) is 6.20 Å². The molecule has 6 rings (SSSR count). The highest BCUT2D eigenvalue weighted by molar-refractivity contribution is 6.32. The van der Waals surface area contributed by atoms with E-state index in [1.54, 1.807) is 41.2 Å². The maximum absolute atomic E-state index is 15.2. The molecule has 1 aromatic carbocycles. The van der Waals surface area contributed by atoms with Gasteiger partial charge in [0.25, 0.3) is 0 Å². The lowest BCUT2D eigenvalue weighted by Gasteiger charge is -2.18. The highest BCUT2D eigenvalue weighted by Crippen LogP contribution is 2.40. The maximum Gasteiger partial charge on any atom is 0.217 e. The van der Waals surface area contributed by atoms with Crippen molar-refractivity contribution >= 4 is 29.0 Å². The standard InChI is InChI=1S/C25H20Cl2FN9O/c26-18-5-7-20(36-13-30-33-34-36)23(24(18)28)15-3-6-19(37(38)12-15)21(9-14-1-2-14)35-11-16(10-31-35)17-4-8-22(29)32-25(17)27/h3-8,10-14,21H,1-2,9H2,(H2,29,32)/t21-/m1/s1. The minimum atomic E-state index is -0.673. The molecule has 192 valence electrons. The Labute approximate surface area is 226 Å². The van der Waals surface area contributed by atoms with Gasteiger partial charge in [0.15, 0.2) is 12.0 Å². The number of pyridine rings is 2. The molecule has 0 unspecified atom stereocenters. The number of halogens is 3. The van der Waals surface area contributed by atoms with Crippen LogP contribution >= 0.6 is 23.2 Å². The zero-order valence-electron chi connectivity index (χ0n) is 19.7. The fraction of sp³-hybridized carbons (Fsp3) is 0.200. The lowest BCUT2D eigenvalue weighted by Crippen LogP contribution is -2.35. The van der Waals surface area contributed by atoms with Gasteiger partial charge in [-0.15, -0.1) is 5.10 Å². The number of nitrogens with two attached hydrogens (primary N) is 1. The van der Waals surface area contributed by atoms with Crippen LogP contribution in [0.3, 0.4) is 0 Å². The van der Waals surface area contributed by atoms with Crippen molar-refractivity contribution in [3.8, 4) is 27.9 Å². The fourth-order valence-corrected chi connectivity index (χ4v) is 4.95. The summed E-state index contributed by atoms with van der Waals surface area (Å²) >= 11 is 12.4. The summed E-state index contributed by atoms with van der Waals surface area (Å²) in [5, 5.41) is 29.3. The van der Waals surface area contributed by atoms with Gasteiger partial charge in [0.05, 0.1) is 28.0 Å². The number of hydrogen-bond donors (Lipinski definition) is 1. The minimum Gasteiger partial charge on any atom is -0.618 e. The Morgan fingerprint density at radius 1 is 1.13 bits per heavy atom. The van der Waals surface area contributed by atoms with Gasteiger partial charge in [-0.1, -0.05) is 36.0 Å². The number of nitrogens with zero attached hydrogens (tertiary/aromatic N) is 8. The SMILES string of the molecule is Nc1ccc(-c2cnn([C@H](CC3CC3)c3ccc(-c4c(-n5cnnn5)ccc(Cl)c4F)c[n+]3[O-])c2)c(Cl)n1. The lowest BCUT2D eigenvalue weighted by molar-refractivity contribution is -0.615. The number of anilines is 1. The van der Waals surface area contributed by atoms with Crippen molar-refractivity contribution in [1.29, 1.82) is 0 Å². The predicted molar refractivity (Wildman–Crippen MR) is 139 cm³/mol. The van der Waals surface area contributed by atoms with Crippen LogP contribution in [0.5, 0.6) is 0 Å². The van der Waals surface area contributed by atoms with Gasteiger partial charge in [-0.2, -0.15) is 14.5 Å². The molecule has 13 heteroatoms. The molecule has 38 heavy (non-hydrogen) atoms. The van der Waals surface area contributed by atoms with Crippen LogP contribution < -0.4 is 10.5 Å². The first-order valence-electron chi connectivity index (χ1n) is 11.8. The lowest BCUT2D eigenvalue weighted by atomic mass is 10.0. The summed E-state index contributed by atoms with van der Waals surface area (Å²) in [7, 11) is 0. The normalized spacial score (nSPS) is 14.1. The van der Waals surface area contributed by atoms with Crippen LogP contribution in [0.25, 0.3) is 27.9 Å². The van der Waals surface area contributed by atoms with E-state index < -0.39 is 5.82 Å². The van der Waals surface area contributed by atoms with E-state index in [0.717, 1.165) is 29.6 Å². The molecular formula is C25H20Cl2FN9O. The molecule has 4 heterocycles. The summed E-state index contributed by atoms with van der Waals surface area (Å²) in [6, 6.07) is 9.51. The van der Waals surface area contributed by atoms with E-state index in [-0.39, 0.29) is 21.8 Å². The van der Waals surface area contributed by atoms with Crippen molar-refractivity contribution in [2.45, 2.75) is 25.3 Å². The summed E-state index contributed by atoms with van der Waals surface area (Å²) < 4.78 is 19.1. The molecule has 0 saturated heterocycles. The number of rotatable bonds is 7. The second-order valence-corrected chi connectivity index (χ2v) is 9.92. The van der Waals surface area contributed by atoms with E-state index in [0.29, 0.717) is 34.2 Å². The van der Waals surface area contributed by atoms with Crippen molar-refractivity contribution in [2.24, 2.45) is 5.92 Å². The molecule has 5 aromatic rings. The van der Waals surface area contributed by atoms with E-state index in [1.165, 1.54) is 23.3 Å². The van der Waals surface area contributed by atoms with Crippen molar-refractivity contribution in [3.05, 3.63) is 88.2 Å². The second-order valence-electron chi connectivity index (χ2n) is 9.16. The molecule has 1 saturated carbocycles. The first-order valence-corrected chi connectivity index (χ1v) is 12.6. The zero-order valence-corrected chi connectivity index (χ0v) is 21.3. The van der Waals surface area contributed by atoms with Gasteiger partial charge in [0.2, 0.25) is 5.69 Å². The summed E-state index contributed by atoms with van der Waals surface area (Å²) in [4.78, 5) is 4.11. The molecule has 1 atom stereocenters. The van der Waals surface area contributed by atoms with Crippen LogP contribution in [0.1, 0.15) is 31.0 Å². The maximum atomic E-state index is 15.2. The second kappa shape index (κ2) is 9.66. The van der Waals surface area contributed by atoms with Crippen molar-refractivity contribution < 1.29 is 9.12 Å². The fourth-order valence-electron chi connectivity index (χ4n) is 4.52. The average Bonchev–Trinajstić information content (AvgIpc) is 3.33. The molecule has 1 aliphatic carbocycles. The highest BCUT2D eigenvalue weighted by atomic mass is 35.5. The Bertz CT molecular complexity index is 1640. The Hall–Kier alpha value is -4.09. The van der Waals surface area contributed by atoms with Gasteiger partial charge in [-0.05, 0) is 53.1 Å². The minimum absolute atomic E-state index is 0.0788. The van der Waals surface area contributed by atoms with Gasteiger partial charge in [0.1, 0.15) is 23.3 Å². The van der Waals surface area contributed by atoms with E-state index in [9.17, 15) is 5.21 Å². The van der Waals surface area contributed by atoms with Crippen molar-refractivity contribution in [2.75, 3.05) is 5.73 Å². The molecule has 0 aliphatic heterocycles. The Morgan fingerprint density at radius 3 is 2.68 bits per heavy atom. The molecule has 0 amide bonds. The molecule has 1 fully saturated rings. The zero-order chi connectivity index (χ0) is 26.4. The molecule has 10 nitrogen and oxygen atoms in total. The molecule has 0 spiro atoms. The smallest absolute Gasteiger partial charge is 0.217 e. The molecule has 2 N–H and O–H groups in total. The third-order valence-electron chi connectivity index (χ3n) is 6.60. The van der Waals surface area contributed by atoms with E-state index in [4.69, 9.17) is 28.9 Å². The third kappa shape index (κ3) is 4.54. The first-order chi connectivity index (χ1) is 18.4. The quantitative estimate of drug-likeness (QED) is 0.177. The number of aromatic nitrogens is 8. The third-order valence-corrected chi connectivity index (χ3v) is 7.18. The summed E-state index contributed by atoms with van der Waals surface area (Å²) in [6.07, 6.45) is 9.13. The topological polar surface area (TPSA) is 127 Å². The van der Waals surface area contributed by atoms with Gasteiger partial charge in [0, 0.05) is 23.4 Å². The van der Waals surface area contributed by atoms with E-state index >= 15 is 4.39 Å². The number of hydrogen-bond acceptors (Lipinski definition) is 7. The van der Waals surface area contributed by atoms with Crippen LogP contribution in [0.2, 0.25) is 10.2 Å². The van der Waals surface area contributed by atoms with Crippen LogP contribution in [0.15, 0.2) is 61.3 Å². The number of nitrogen functional groups attached to an aromatic ring is 1. The number of benzene rings is 1. The molecule has 1 aliphatic rings. The molecule has 0 bridgehead atoms. The molecular weight excluding hydrogens is 532 g/mol. The average molecular weight is 552 g/mol. The predicted octanol–water partition coefficient (Wildman–Crippen LogP) is 4.64. The summed E-state index contributed by atoms with van der Waals surface area (Å²) in [5.41, 5.74) is 8.45. The van der Waals surface area contributed by atoms with E-state index in [2.05, 4.69) is 25.6 Å². The van der Waals surface area contributed by atoms with Crippen LogP contribution in [-0.4, -0.2) is 35.0 Å². The van der Waals surface area contributed by atoms with Gasteiger partial charge in [-0.25, -0.2) is 9.37 Å². The van der Waals surface area contributed by atoms with Crippen LogP contribution in [0, 0.1) is 16.9 Å².